The quantitative estimate of drug-likeness (QED) is 0.717. The van der Waals surface area contributed by atoms with Gasteiger partial charge in [0.2, 0.25) is 0 Å². The topological polar surface area (TPSA) is 88.0 Å². The van der Waals surface area contributed by atoms with E-state index in [2.05, 4.69) is 10.3 Å². The third kappa shape index (κ3) is 5.01. The molecule has 1 amide bonds. The zero-order chi connectivity index (χ0) is 20.1. The van der Waals surface area contributed by atoms with Crippen molar-refractivity contribution in [3.05, 3.63) is 64.6 Å². The Kier molecular flexibility index (Phi) is 6.16. The van der Waals surface area contributed by atoms with Gasteiger partial charge in [0, 0.05) is 0 Å². The third-order valence-electron chi connectivity index (χ3n) is 3.99. The Morgan fingerprint density at radius 3 is 2.68 bits per heavy atom. The fraction of sp³-hybridized carbons (Fsp3) is 0.190. The van der Waals surface area contributed by atoms with Crippen LogP contribution < -0.4 is 10.1 Å². The predicted molar refractivity (Wildman–Crippen MR) is 111 cm³/mol. The number of aliphatic carboxylic acids is 1. The summed E-state index contributed by atoms with van der Waals surface area (Å²) < 4.78 is 5.44. The molecule has 0 radical (unpaired) electrons. The molecule has 28 heavy (non-hydrogen) atoms. The van der Waals surface area contributed by atoms with Gasteiger partial charge in [-0.25, -0.2) is 9.79 Å². The first-order valence-corrected chi connectivity index (χ1v) is 9.62. The van der Waals surface area contributed by atoms with E-state index in [1.165, 1.54) is 11.8 Å². The van der Waals surface area contributed by atoms with E-state index in [4.69, 9.17) is 9.84 Å². The van der Waals surface area contributed by atoms with E-state index in [1.807, 2.05) is 31.2 Å². The number of ether oxygens (including phenoxy) is 1. The van der Waals surface area contributed by atoms with Crippen LogP contribution in [0.5, 0.6) is 5.75 Å². The van der Waals surface area contributed by atoms with Crippen molar-refractivity contribution in [3.8, 4) is 5.75 Å². The number of aryl methyl sites for hydroxylation is 1. The van der Waals surface area contributed by atoms with Crippen molar-refractivity contribution in [1.82, 2.24) is 5.32 Å². The molecular weight excluding hydrogens is 376 g/mol. The normalized spacial score (nSPS) is 17.6. The average molecular weight is 396 g/mol. The molecule has 2 aromatic carbocycles. The molecule has 1 heterocycles. The van der Waals surface area contributed by atoms with Crippen molar-refractivity contribution >= 4 is 40.6 Å². The highest BCUT2D eigenvalue weighted by molar-refractivity contribution is 8.18. The molecule has 0 spiro atoms. The van der Waals surface area contributed by atoms with Gasteiger partial charge in [-0.1, -0.05) is 31.2 Å². The van der Waals surface area contributed by atoms with E-state index >= 15 is 0 Å². The van der Waals surface area contributed by atoms with Gasteiger partial charge in [0.05, 0.1) is 10.6 Å². The summed E-state index contributed by atoms with van der Waals surface area (Å²) in [5, 5.41) is 12.4. The number of thioether (sulfide) groups is 1. The predicted octanol–water partition coefficient (Wildman–Crippen LogP) is 4.13. The van der Waals surface area contributed by atoms with Crippen LogP contribution in [-0.2, 0) is 9.59 Å². The molecule has 0 aromatic heterocycles. The van der Waals surface area contributed by atoms with Crippen LogP contribution in [0.4, 0.5) is 5.69 Å². The first kappa shape index (κ1) is 19.7. The van der Waals surface area contributed by atoms with Gasteiger partial charge in [-0.15, -0.1) is 0 Å². The first-order valence-electron chi connectivity index (χ1n) is 8.80. The molecule has 0 saturated carbocycles. The second-order valence-corrected chi connectivity index (χ2v) is 7.27. The average Bonchev–Trinajstić information content (AvgIpc) is 2.99. The zero-order valence-electron chi connectivity index (χ0n) is 15.5. The maximum atomic E-state index is 12.2. The van der Waals surface area contributed by atoms with Crippen LogP contribution in [0.3, 0.4) is 0 Å². The number of hydrogen-bond acceptors (Lipinski definition) is 5. The lowest BCUT2D eigenvalue weighted by molar-refractivity contribution is -0.145. The van der Waals surface area contributed by atoms with Crippen LogP contribution in [-0.4, -0.2) is 28.3 Å². The van der Waals surface area contributed by atoms with Crippen LogP contribution in [0.25, 0.3) is 6.08 Å². The van der Waals surface area contributed by atoms with E-state index < -0.39 is 12.1 Å². The summed E-state index contributed by atoms with van der Waals surface area (Å²) in [5.74, 6) is -0.719. The molecule has 7 heteroatoms. The molecule has 2 N–H and O–H groups in total. The molecule has 2 aromatic rings. The van der Waals surface area contributed by atoms with Gasteiger partial charge in [0.1, 0.15) is 5.75 Å². The van der Waals surface area contributed by atoms with Crippen molar-refractivity contribution in [2.45, 2.75) is 26.4 Å². The highest BCUT2D eigenvalue weighted by atomic mass is 32.2. The molecular formula is C21H20N2O4S. The van der Waals surface area contributed by atoms with Gasteiger partial charge in [-0.3, -0.25) is 4.79 Å². The second-order valence-electron chi connectivity index (χ2n) is 6.24. The zero-order valence-corrected chi connectivity index (χ0v) is 16.3. The number of nitrogens with zero attached hydrogens (tertiary/aromatic N) is 1. The van der Waals surface area contributed by atoms with Crippen LogP contribution >= 0.6 is 11.8 Å². The number of carbonyl (C=O) groups excluding carboxylic acids is 1. The van der Waals surface area contributed by atoms with Gasteiger partial charge in [0.15, 0.2) is 11.3 Å². The van der Waals surface area contributed by atoms with Gasteiger partial charge in [-0.2, -0.15) is 0 Å². The van der Waals surface area contributed by atoms with Crippen molar-refractivity contribution < 1.29 is 19.4 Å². The minimum Gasteiger partial charge on any atom is -0.479 e. The van der Waals surface area contributed by atoms with E-state index in [0.29, 0.717) is 22.2 Å². The number of nitrogens with one attached hydrogen (secondary N) is 1. The summed E-state index contributed by atoms with van der Waals surface area (Å²) in [6, 6.07) is 14.7. The number of hydrogen-bond donors (Lipinski definition) is 2. The van der Waals surface area contributed by atoms with E-state index in [1.54, 1.807) is 37.3 Å². The number of benzene rings is 2. The number of amides is 1. The maximum Gasteiger partial charge on any atom is 0.344 e. The molecule has 3 rings (SSSR count). The minimum atomic E-state index is -0.992. The third-order valence-corrected chi connectivity index (χ3v) is 4.90. The first-order chi connectivity index (χ1) is 13.4. The molecule has 1 unspecified atom stereocenters. The summed E-state index contributed by atoms with van der Waals surface area (Å²) in [4.78, 5) is 28.3. The van der Waals surface area contributed by atoms with Crippen LogP contribution in [0.2, 0.25) is 0 Å². The molecule has 0 bridgehead atoms. The fourth-order valence-corrected chi connectivity index (χ4v) is 3.40. The number of carboxylic acid groups (broad SMARTS) is 1. The molecule has 0 aliphatic carbocycles. The van der Waals surface area contributed by atoms with E-state index in [9.17, 15) is 9.59 Å². The van der Waals surface area contributed by atoms with Crippen molar-refractivity contribution in [1.29, 1.82) is 0 Å². The molecule has 1 fully saturated rings. The highest BCUT2D eigenvalue weighted by Gasteiger charge is 2.24. The molecule has 6 nitrogen and oxygen atoms in total. The largest absolute Gasteiger partial charge is 0.479 e. The van der Waals surface area contributed by atoms with Crippen molar-refractivity contribution in [2.75, 3.05) is 0 Å². The van der Waals surface area contributed by atoms with Gasteiger partial charge in [0.25, 0.3) is 5.91 Å². The molecule has 1 saturated heterocycles. The Hall–Kier alpha value is -3.06. The van der Waals surface area contributed by atoms with Crippen molar-refractivity contribution in [3.63, 3.8) is 0 Å². The summed E-state index contributed by atoms with van der Waals surface area (Å²) in [7, 11) is 0. The summed E-state index contributed by atoms with van der Waals surface area (Å²) in [6.45, 7) is 3.74. The SMILES string of the molecule is CCC(Oc1ccc(/C=C2/SC(=Nc3cccc(C)c3)NC2=O)cc1)C(=O)O. The monoisotopic (exact) mass is 396 g/mol. The Bertz CT molecular complexity index is 951. The van der Waals surface area contributed by atoms with Gasteiger partial charge >= 0.3 is 5.97 Å². The lowest BCUT2D eigenvalue weighted by Crippen LogP contribution is -2.25. The molecule has 1 aliphatic rings. The minimum absolute atomic E-state index is 0.200. The molecule has 1 aliphatic heterocycles. The maximum absolute atomic E-state index is 12.2. The van der Waals surface area contributed by atoms with Crippen LogP contribution in [0.1, 0.15) is 24.5 Å². The summed E-state index contributed by atoms with van der Waals surface area (Å²) >= 11 is 1.28. The Morgan fingerprint density at radius 1 is 1.29 bits per heavy atom. The Morgan fingerprint density at radius 2 is 2.04 bits per heavy atom. The lowest BCUT2D eigenvalue weighted by Gasteiger charge is -2.13. The number of aliphatic imine (C=N–C) groups is 1. The number of amidine groups is 1. The smallest absolute Gasteiger partial charge is 0.344 e. The molecule has 144 valence electrons. The van der Waals surface area contributed by atoms with E-state index in [0.717, 1.165) is 16.8 Å². The fourth-order valence-electron chi connectivity index (χ4n) is 2.56. The van der Waals surface area contributed by atoms with Crippen LogP contribution in [0.15, 0.2) is 58.4 Å². The Labute approximate surface area is 167 Å². The van der Waals surface area contributed by atoms with E-state index in [-0.39, 0.29) is 5.91 Å². The lowest BCUT2D eigenvalue weighted by atomic mass is 10.2. The van der Waals surface area contributed by atoms with Crippen molar-refractivity contribution in [2.24, 2.45) is 4.99 Å². The highest BCUT2D eigenvalue weighted by Crippen LogP contribution is 2.28. The van der Waals surface area contributed by atoms with Gasteiger partial charge < -0.3 is 15.2 Å². The Balaban J connectivity index is 1.71. The van der Waals surface area contributed by atoms with Gasteiger partial charge in [-0.05, 0) is 66.6 Å². The second kappa shape index (κ2) is 8.75. The van der Waals surface area contributed by atoms with Crippen LogP contribution in [0, 0.1) is 6.92 Å². The number of carboxylic acids is 1. The number of carbonyl (C=O) groups is 2. The number of rotatable bonds is 6. The summed E-state index contributed by atoms with van der Waals surface area (Å²) in [6.07, 6.45) is 1.26. The standard InChI is InChI=1S/C21H20N2O4S/c1-3-17(20(25)26)27-16-9-7-14(8-10-16)12-18-19(24)23-21(28-18)22-15-6-4-5-13(2)11-15/h4-12,17H,3H2,1-2H3,(H,25,26)(H,22,23,24)/b18-12+. The molecule has 1 atom stereocenters. The summed E-state index contributed by atoms with van der Waals surface area (Å²) in [5.41, 5.74) is 2.70.